The van der Waals surface area contributed by atoms with Crippen LogP contribution in [0, 0.1) is 0 Å². The SMILES string of the molecule is O=C1CC2CCC(C1)N2CCO. The Morgan fingerprint density at radius 3 is 2.42 bits per heavy atom. The van der Waals surface area contributed by atoms with Crippen molar-refractivity contribution in [2.45, 2.75) is 37.8 Å². The average Bonchev–Trinajstić information content (AvgIpc) is 2.32. The molecule has 0 amide bonds. The standard InChI is InChI=1S/C9H15NO2/c11-4-3-10-7-1-2-8(10)6-9(12)5-7/h7-8,11H,1-6H2. The Hall–Kier alpha value is -0.410. The van der Waals surface area contributed by atoms with E-state index in [0.29, 0.717) is 17.9 Å². The van der Waals surface area contributed by atoms with Gasteiger partial charge in [0.1, 0.15) is 5.78 Å². The van der Waals surface area contributed by atoms with E-state index in [1.165, 1.54) is 0 Å². The molecule has 2 saturated heterocycles. The van der Waals surface area contributed by atoms with Gasteiger partial charge in [0.05, 0.1) is 6.61 Å². The van der Waals surface area contributed by atoms with Crippen molar-refractivity contribution in [2.24, 2.45) is 0 Å². The number of piperidine rings is 1. The van der Waals surface area contributed by atoms with Gasteiger partial charge in [-0.2, -0.15) is 0 Å². The molecule has 0 aromatic carbocycles. The van der Waals surface area contributed by atoms with Gasteiger partial charge in [-0.25, -0.2) is 0 Å². The van der Waals surface area contributed by atoms with E-state index in [-0.39, 0.29) is 6.61 Å². The number of nitrogens with zero attached hydrogens (tertiary/aromatic N) is 1. The fourth-order valence-corrected chi connectivity index (χ4v) is 2.54. The average molecular weight is 169 g/mol. The van der Waals surface area contributed by atoms with Crippen LogP contribution in [0.25, 0.3) is 0 Å². The van der Waals surface area contributed by atoms with Gasteiger partial charge in [-0.15, -0.1) is 0 Å². The molecule has 2 unspecified atom stereocenters. The minimum absolute atomic E-state index is 0.223. The molecule has 3 heteroatoms. The number of carbonyl (C=O) groups is 1. The fourth-order valence-electron chi connectivity index (χ4n) is 2.54. The summed E-state index contributed by atoms with van der Waals surface area (Å²) in [7, 11) is 0. The third-order valence-corrected chi connectivity index (χ3v) is 3.06. The number of hydrogen-bond acceptors (Lipinski definition) is 3. The summed E-state index contributed by atoms with van der Waals surface area (Å²) >= 11 is 0. The molecule has 2 heterocycles. The van der Waals surface area contributed by atoms with Crippen LogP contribution in [-0.4, -0.2) is 41.0 Å². The fraction of sp³-hybridized carbons (Fsp3) is 0.889. The molecule has 0 aliphatic carbocycles. The second-order valence-electron chi connectivity index (χ2n) is 3.79. The van der Waals surface area contributed by atoms with Crippen LogP contribution in [0.4, 0.5) is 0 Å². The quantitative estimate of drug-likeness (QED) is 0.641. The van der Waals surface area contributed by atoms with Gasteiger partial charge in [0.2, 0.25) is 0 Å². The summed E-state index contributed by atoms with van der Waals surface area (Å²) in [6.07, 6.45) is 3.74. The summed E-state index contributed by atoms with van der Waals surface area (Å²) < 4.78 is 0. The van der Waals surface area contributed by atoms with Crippen molar-refractivity contribution in [1.82, 2.24) is 4.90 Å². The normalized spacial score (nSPS) is 35.9. The van der Waals surface area contributed by atoms with Crippen LogP contribution >= 0.6 is 0 Å². The maximum Gasteiger partial charge on any atom is 0.136 e. The van der Waals surface area contributed by atoms with E-state index in [1.54, 1.807) is 0 Å². The van der Waals surface area contributed by atoms with E-state index >= 15 is 0 Å². The predicted molar refractivity (Wildman–Crippen MR) is 44.8 cm³/mol. The van der Waals surface area contributed by atoms with Crippen LogP contribution in [0.5, 0.6) is 0 Å². The lowest BCUT2D eigenvalue weighted by Gasteiger charge is -2.33. The Kier molecular flexibility index (Phi) is 2.15. The van der Waals surface area contributed by atoms with Gasteiger partial charge in [-0.3, -0.25) is 9.69 Å². The van der Waals surface area contributed by atoms with Gasteiger partial charge >= 0.3 is 0 Å². The summed E-state index contributed by atoms with van der Waals surface area (Å²) in [6.45, 7) is 0.976. The zero-order valence-corrected chi connectivity index (χ0v) is 7.20. The van der Waals surface area contributed by atoms with Crippen molar-refractivity contribution in [2.75, 3.05) is 13.2 Å². The molecule has 2 fully saturated rings. The van der Waals surface area contributed by atoms with Crippen molar-refractivity contribution in [1.29, 1.82) is 0 Å². The van der Waals surface area contributed by atoms with Crippen molar-refractivity contribution in [3.8, 4) is 0 Å². The minimum atomic E-state index is 0.223. The molecule has 1 N–H and O–H groups in total. The highest BCUT2D eigenvalue weighted by Crippen LogP contribution is 2.33. The van der Waals surface area contributed by atoms with E-state index in [9.17, 15) is 4.79 Å². The summed E-state index contributed by atoms with van der Waals surface area (Å²) in [5, 5.41) is 8.82. The lowest BCUT2D eigenvalue weighted by atomic mass is 10.0. The molecule has 2 rings (SSSR count). The molecule has 0 saturated carbocycles. The molecule has 68 valence electrons. The third-order valence-electron chi connectivity index (χ3n) is 3.06. The van der Waals surface area contributed by atoms with Gasteiger partial charge < -0.3 is 5.11 Å². The molecule has 2 aliphatic heterocycles. The second kappa shape index (κ2) is 3.15. The second-order valence-corrected chi connectivity index (χ2v) is 3.79. The van der Waals surface area contributed by atoms with Crippen LogP contribution in [0.1, 0.15) is 25.7 Å². The van der Waals surface area contributed by atoms with E-state index in [2.05, 4.69) is 4.90 Å². The van der Waals surface area contributed by atoms with Gasteiger partial charge in [-0.05, 0) is 12.8 Å². The number of aliphatic hydroxyl groups is 1. The van der Waals surface area contributed by atoms with Gasteiger partial charge in [-0.1, -0.05) is 0 Å². The molecule has 12 heavy (non-hydrogen) atoms. The van der Waals surface area contributed by atoms with Crippen LogP contribution in [0.15, 0.2) is 0 Å². The molecule has 0 aromatic heterocycles. The molecular weight excluding hydrogens is 154 g/mol. The van der Waals surface area contributed by atoms with Crippen molar-refractivity contribution in [3.05, 3.63) is 0 Å². The number of ketones is 1. The molecule has 0 aromatic rings. The Balaban J connectivity index is 2.04. The lowest BCUT2D eigenvalue weighted by molar-refractivity contribution is -0.123. The molecular formula is C9H15NO2. The van der Waals surface area contributed by atoms with E-state index < -0.39 is 0 Å². The third kappa shape index (κ3) is 1.27. The predicted octanol–water partition coefficient (Wildman–Crippen LogP) is 0.175. The van der Waals surface area contributed by atoms with Crippen molar-refractivity contribution >= 4 is 5.78 Å². The monoisotopic (exact) mass is 169 g/mol. The largest absolute Gasteiger partial charge is 0.395 e. The van der Waals surface area contributed by atoms with Crippen molar-refractivity contribution < 1.29 is 9.90 Å². The van der Waals surface area contributed by atoms with Gasteiger partial charge in [0.15, 0.2) is 0 Å². The maximum absolute atomic E-state index is 11.2. The topological polar surface area (TPSA) is 40.5 Å². The first kappa shape index (κ1) is 8.20. The van der Waals surface area contributed by atoms with Gasteiger partial charge in [0, 0.05) is 31.5 Å². The number of aliphatic hydroxyl groups excluding tert-OH is 1. The van der Waals surface area contributed by atoms with Crippen LogP contribution < -0.4 is 0 Å². The zero-order valence-electron chi connectivity index (χ0n) is 7.20. The molecule has 0 radical (unpaired) electrons. The Morgan fingerprint density at radius 1 is 1.33 bits per heavy atom. The van der Waals surface area contributed by atoms with Gasteiger partial charge in [0.25, 0.3) is 0 Å². The molecule has 3 nitrogen and oxygen atoms in total. The smallest absolute Gasteiger partial charge is 0.136 e. The van der Waals surface area contributed by atoms with E-state index in [0.717, 1.165) is 32.2 Å². The first-order valence-electron chi connectivity index (χ1n) is 4.69. The summed E-state index contributed by atoms with van der Waals surface area (Å²) in [5.41, 5.74) is 0. The lowest BCUT2D eigenvalue weighted by Crippen LogP contribution is -2.44. The maximum atomic E-state index is 11.2. The highest BCUT2D eigenvalue weighted by Gasteiger charge is 2.39. The molecule has 2 aliphatic rings. The molecule has 2 atom stereocenters. The number of carbonyl (C=O) groups excluding carboxylic acids is 1. The van der Waals surface area contributed by atoms with E-state index in [4.69, 9.17) is 5.11 Å². The number of hydrogen-bond donors (Lipinski definition) is 1. The number of rotatable bonds is 2. The first-order chi connectivity index (χ1) is 5.81. The van der Waals surface area contributed by atoms with Crippen LogP contribution in [-0.2, 0) is 4.79 Å². The minimum Gasteiger partial charge on any atom is -0.395 e. The molecule has 2 bridgehead atoms. The van der Waals surface area contributed by atoms with Crippen LogP contribution in [0.2, 0.25) is 0 Å². The Bertz CT molecular complexity index is 177. The number of Topliss-reactive ketones (excluding diaryl/α,β-unsaturated/α-hetero) is 1. The van der Waals surface area contributed by atoms with E-state index in [1.807, 2.05) is 0 Å². The zero-order chi connectivity index (χ0) is 8.55. The summed E-state index contributed by atoms with van der Waals surface area (Å²) in [5.74, 6) is 0.414. The molecule has 0 spiro atoms. The Labute approximate surface area is 72.4 Å². The highest BCUT2D eigenvalue weighted by molar-refractivity contribution is 5.80. The first-order valence-corrected chi connectivity index (χ1v) is 4.69. The van der Waals surface area contributed by atoms with Crippen molar-refractivity contribution in [3.63, 3.8) is 0 Å². The summed E-state index contributed by atoms with van der Waals surface area (Å²) in [6, 6.07) is 0.895. The van der Waals surface area contributed by atoms with Crippen LogP contribution in [0.3, 0.4) is 0 Å². The Morgan fingerprint density at radius 2 is 1.92 bits per heavy atom. The highest BCUT2D eigenvalue weighted by atomic mass is 16.3. The summed E-state index contributed by atoms with van der Waals surface area (Å²) in [4.78, 5) is 13.5. The number of fused-ring (bicyclic) bond motifs is 2.